The minimum atomic E-state index is 1.05. The number of benzene rings is 4. The molecule has 0 unspecified atom stereocenters. The van der Waals surface area contributed by atoms with Crippen molar-refractivity contribution in [2.75, 3.05) is 54.4 Å². The number of likely N-dealkylation sites (N-methyl/N-ethyl adjacent to an activating group) is 2. The molecule has 6 aromatic rings. The Morgan fingerprint density at radius 1 is 0.381 bits per heavy atom. The average molecular weight is 561 g/mol. The minimum absolute atomic E-state index is 1.05. The zero-order valence-electron chi connectivity index (χ0n) is 26.1. The second-order valence-corrected chi connectivity index (χ2v) is 13.6. The van der Waals surface area contributed by atoms with Gasteiger partial charge in [-0.3, -0.25) is 0 Å². The first-order valence-corrected chi connectivity index (χ1v) is 15.9. The van der Waals surface area contributed by atoms with Gasteiger partial charge in [-0.15, -0.1) is 0 Å². The molecular weight excluding hydrogens is 512 g/mol. The summed E-state index contributed by atoms with van der Waals surface area (Å²) in [6.45, 7) is 6.88. The number of para-hydroxylation sites is 4. The Morgan fingerprint density at radius 2 is 0.667 bits per heavy atom. The molecule has 0 bridgehead atoms. The molecule has 6 rings (SSSR count). The fraction of sp³-hybridized carbons (Fsp3) is 0.368. The fourth-order valence-electron chi connectivity index (χ4n) is 6.89. The van der Waals surface area contributed by atoms with E-state index in [0.717, 1.165) is 35.1 Å². The molecule has 2 heterocycles. The van der Waals surface area contributed by atoms with Crippen molar-refractivity contribution in [3.8, 4) is 0 Å². The van der Waals surface area contributed by atoms with Crippen LogP contribution in [0.4, 0.5) is 0 Å². The van der Waals surface area contributed by atoms with E-state index in [1.54, 1.807) is 0 Å². The number of rotatable bonds is 13. The molecule has 4 nitrogen and oxygen atoms in total. The van der Waals surface area contributed by atoms with E-state index in [1.807, 2.05) is 0 Å². The summed E-state index contributed by atoms with van der Waals surface area (Å²) in [7, 11) is 9.62. The van der Waals surface area contributed by atoms with E-state index in [4.69, 9.17) is 0 Å². The van der Waals surface area contributed by atoms with Crippen LogP contribution < -0.4 is 0 Å². The van der Waals surface area contributed by atoms with E-state index >= 15 is 0 Å². The number of hydrogen-bond acceptors (Lipinski definition) is 0. The van der Waals surface area contributed by atoms with Gasteiger partial charge in [0.25, 0.3) is 0 Å². The summed E-state index contributed by atoms with van der Waals surface area (Å²) in [6.07, 6.45) is 5.25. The summed E-state index contributed by atoms with van der Waals surface area (Å²) >= 11 is 0. The standard InChI is InChI=1S/C38H48N4/c1-41(2,29-25-39-35-21-11-7-17-31(35)32-18-8-12-22-36(32)39)27-15-5-6-16-28-42(3,4)30-26-40-37-23-13-9-19-33(37)34-20-10-14-24-38(34)40/h7-14,17-24H,5-6,15-16,25-30H2,1-4H3/q+2. The topological polar surface area (TPSA) is 9.86 Å². The molecular formula is C38H48N4+2. The molecule has 0 aliphatic heterocycles. The van der Waals surface area contributed by atoms with Crippen LogP contribution in [-0.4, -0.2) is 72.5 Å². The van der Waals surface area contributed by atoms with E-state index in [2.05, 4.69) is 134 Å². The maximum atomic E-state index is 2.53. The highest BCUT2D eigenvalue weighted by Crippen LogP contribution is 2.30. The van der Waals surface area contributed by atoms with Crippen LogP contribution in [0.3, 0.4) is 0 Å². The zero-order valence-corrected chi connectivity index (χ0v) is 26.1. The second kappa shape index (κ2) is 11.9. The third-order valence-corrected chi connectivity index (χ3v) is 9.49. The van der Waals surface area contributed by atoms with Crippen LogP contribution in [0.1, 0.15) is 25.7 Å². The Hall–Kier alpha value is -3.60. The zero-order chi connectivity index (χ0) is 29.2. The lowest BCUT2D eigenvalue weighted by Crippen LogP contribution is -2.43. The van der Waals surface area contributed by atoms with Gasteiger partial charge in [0.05, 0.1) is 67.5 Å². The highest BCUT2D eigenvalue weighted by atomic mass is 15.3. The van der Waals surface area contributed by atoms with Crippen molar-refractivity contribution in [2.45, 2.75) is 38.8 Å². The van der Waals surface area contributed by atoms with Gasteiger partial charge in [0.2, 0.25) is 0 Å². The molecule has 0 aliphatic carbocycles. The van der Waals surface area contributed by atoms with E-state index in [9.17, 15) is 0 Å². The van der Waals surface area contributed by atoms with Gasteiger partial charge in [-0.2, -0.15) is 0 Å². The highest BCUT2D eigenvalue weighted by Gasteiger charge is 2.19. The van der Waals surface area contributed by atoms with Crippen molar-refractivity contribution in [3.05, 3.63) is 97.1 Å². The molecule has 0 atom stereocenters. The van der Waals surface area contributed by atoms with Gasteiger partial charge in [-0.1, -0.05) is 72.8 Å². The average Bonchev–Trinajstić information content (AvgIpc) is 3.49. The molecule has 0 spiro atoms. The Kier molecular flexibility index (Phi) is 8.11. The molecule has 0 fully saturated rings. The summed E-state index contributed by atoms with van der Waals surface area (Å²) in [5.74, 6) is 0. The largest absolute Gasteiger partial charge is 0.335 e. The lowest BCUT2D eigenvalue weighted by Gasteiger charge is -2.31. The summed E-state index contributed by atoms with van der Waals surface area (Å²) in [4.78, 5) is 0. The van der Waals surface area contributed by atoms with Crippen molar-refractivity contribution in [1.29, 1.82) is 0 Å². The Labute approximate surface area is 251 Å². The summed E-state index contributed by atoms with van der Waals surface area (Å²) in [5, 5.41) is 5.48. The van der Waals surface area contributed by atoms with Gasteiger partial charge in [-0.25, -0.2) is 0 Å². The number of hydrogen-bond donors (Lipinski definition) is 0. The smallest absolute Gasteiger partial charge is 0.0964 e. The summed E-state index contributed by atoms with van der Waals surface area (Å²) < 4.78 is 7.20. The first-order valence-electron chi connectivity index (χ1n) is 15.9. The molecule has 0 radical (unpaired) electrons. The van der Waals surface area contributed by atoms with Crippen molar-refractivity contribution < 1.29 is 8.97 Å². The molecule has 218 valence electrons. The van der Waals surface area contributed by atoms with Gasteiger partial charge in [0, 0.05) is 43.6 Å². The van der Waals surface area contributed by atoms with E-state index < -0.39 is 0 Å². The van der Waals surface area contributed by atoms with Gasteiger partial charge in [0.15, 0.2) is 0 Å². The van der Waals surface area contributed by atoms with Crippen LogP contribution in [0.2, 0.25) is 0 Å². The van der Waals surface area contributed by atoms with Gasteiger partial charge >= 0.3 is 0 Å². The third-order valence-electron chi connectivity index (χ3n) is 9.49. The van der Waals surface area contributed by atoms with Crippen LogP contribution >= 0.6 is 0 Å². The van der Waals surface area contributed by atoms with Crippen LogP contribution in [0.15, 0.2) is 97.1 Å². The van der Waals surface area contributed by atoms with E-state index in [-0.39, 0.29) is 0 Å². The monoisotopic (exact) mass is 560 g/mol. The maximum absolute atomic E-state index is 2.53. The molecule has 0 saturated heterocycles. The SMILES string of the molecule is C[N+](C)(CCCCCC[N+](C)(C)CCn1c2ccccc2c2ccccc21)CCn1c2ccccc2c2ccccc21. The lowest BCUT2D eigenvalue weighted by atomic mass is 10.1. The van der Waals surface area contributed by atoms with Crippen LogP contribution in [0.5, 0.6) is 0 Å². The molecule has 2 aromatic heterocycles. The molecule has 0 saturated carbocycles. The van der Waals surface area contributed by atoms with Gasteiger partial charge < -0.3 is 18.1 Å². The Balaban J connectivity index is 0.964. The van der Waals surface area contributed by atoms with Crippen LogP contribution in [0, 0.1) is 0 Å². The van der Waals surface area contributed by atoms with E-state index in [0.29, 0.717) is 0 Å². The van der Waals surface area contributed by atoms with Crippen molar-refractivity contribution >= 4 is 43.6 Å². The third kappa shape index (κ3) is 5.97. The maximum Gasteiger partial charge on any atom is 0.0964 e. The number of quaternary nitrogens is 2. The number of nitrogens with zero attached hydrogens (tertiary/aromatic N) is 4. The van der Waals surface area contributed by atoms with Crippen molar-refractivity contribution in [1.82, 2.24) is 9.13 Å². The Morgan fingerprint density at radius 3 is 0.976 bits per heavy atom. The Bertz CT molecular complexity index is 1560. The summed E-state index contributed by atoms with van der Waals surface area (Å²) in [6, 6.07) is 35.5. The first-order chi connectivity index (χ1) is 20.3. The number of aromatic nitrogens is 2. The molecule has 0 amide bonds. The molecule has 4 heteroatoms. The fourth-order valence-corrected chi connectivity index (χ4v) is 6.89. The minimum Gasteiger partial charge on any atom is -0.335 e. The van der Waals surface area contributed by atoms with E-state index in [1.165, 1.54) is 82.4 Å². The quantitative estimate of drug-likeness (QED) is 0.0993. The van der Waals surface area contributed by atoms with Crippen molar-refractivity contribution in [3.63, 3.8) is 0 Å². The predicted octanol–water partition coefficient (Wildman–Crippen LogP) is 8.32. The molecule has 0 N–H and O–H groups in total. The van der Waals surface area contributed by atoms with Gasteiger partial charge in [0.1, 0.15) is 0 Å². The van der Waals surface area contributed by atoms with Crippen LogP contribution in [0.25, 0.3) is 43.6 Å². The number of fused-ring (bicyclic) bond motifs is 6. The lowest BCUT2D eigenvalue weighted by molar-refractivity contribution is -0.891. The molecule has 0 aliphatic rings. The second-order valence-electron chi connectivity index (χ2n) is 13.6. The highest BCUT2D eigenvalue weighted by molar-refractivity contribution is 6.08. The first kappa shape index (κ1) is 28.5. The number of unbranched alkanes of at least 4 members (excludes halogenated alkanes) is 3. The van der Waals surface area contributed by atoms with Gasteiger partial charge in [-0.05, 0) is 49.9 Å². The predicted molar refractivity (Wildman–Crippen MR) is 181 cm³/mol. The van der Waals surface area contributed by atoms with Crippen molar-refractivity contribution in [2.24, 2.45) is 0 Å². The summed E-state index contributed by atoms with van der Waals surface area (Å²) in [5.41, 5.74) is 5.44. The molecule has 4 aromatic carbocycles. The van der Waals surface area contributed by atoms with Crippen LogP contribution in [-0.2, 0) is 13.1 Å². The molecule has 42 heavy (non-hydrogen) atoms. The normalized spacial score (nSPS) is 12.8.